The summed E-state index contributed by atoms with van der Waals surface area (Å²) in [5.41, 5.74) is -0.0991. The molecule has 2 rings (SSSR count). The quantitative estimate of drug-likeness (QED) is 0.737. The van der Waals surface area contributed by atoms with Gasteiger partial charge in [-0.15, -0.1) is 0 Å². The van der Waals surface area contributed by atoms with Gasteiger partial charge in [0.25, 0.3) is 0 Å². The number of nitrogens with zero attached hydrogens (tertiary/aromatic N) is 1. The number of methoxy groups -OCH3 is 1. The third-order valence-corrected chi connectivity index (χ3v) is 5.01. The number of ether oxygens (including phenoxy) is 1. The predicted molar refractivity (Wildman–Crippen MR) is 72.5 cm³/mol. The zero-order chi connectivity index (χ0) is 13.9. The standard InChI is InChI=1S/C15H25NO3/c1-3-15(8-4-5-9-15)14(18)16-10-6-12(7-11-16)13(17)19-2/h12H,3-11H2,1-2H3. The molecule has 0 aromatic rings. The largest absolute Gasteiger partial charge is 0.469 e. The number of esters is 1. The van der Waals surface area contributed by atoms with Crippen molar-refractivity contribution in [2.75, 3.05) is 20.2 Å². The van der Waals surface area contributed by atoms with E-state index in [0.717, 1.165) is 32.1 Å². The van der Waals surface area contributed by atoms with Crippen LogP contribution < -0.4 is 0 Å². The molecule has 1 heterocycles. The molecule has 1 saturated carbocycles. The van der Waals surface area contributed by atoms with Crippen LogP contribution in [0.2, 0.25) is 0 Å². The SMILES string of the molecule is CCC1(C(=O)N2CCC(C(=O)OC)CC2)CCCC1. The first-order chi connectivity index (χ1) is 9.13. The maximum Gasteiger partial charge on any atom is 0.308 e. The van der Waals surface area contributed by atoms with Gasteiger partial charge in [-0.1, -0.05) is 19.8 Å². The average molecular weight is 267 g/mol. The van der Waals surface area contributed by atoms with Gasteiger partial charge < -0.3 is 9.64 Å². The summed E-state index contributed by atoms with van der Waals surface area (Å²) in [6, 6.07) is 0. The maximum atomic E-state index is 12.7. The monoisotopic (exact) mass is 267 g/mol. The van der Waals surface area contributed by atoms with E-state index in [0.29, 0.717) is 19.0 Å². The smallest absolute Gasteiger partial charge is 0.308 e. The molecule has 19 heavy (non-hydrogen) atoms. The third kappa shape index (κ3) is 2.77. The first kappa shape index (κ1) is 14.4. The van der Waals surface area contributed by atoms with Crippen LogP contribution in [0.5, 0.6) is 0 Å². The van der Waals surface area contributed by atoms with Crippen LogP contribution in [0.25, 0.3) is 0 Å². The Morgan fingerprint density at radius 1 is 1.21 bits per heavy atom. The second kappa shape index (κ2) is 5.93. The number of hydrogen-bond donors (Lipinski definition) is 0. The summed E-state index contributed by atoms with van der Waals surface area (Å²) >= 11 is 0. The highest BCUT2D eigenvalue weighted by molar-refractivity contribution is 5.83. The molecule has 2 aliphatic rings. The van der Waals surface area contributed by atoms with Gasteiger partial charge in [0.15, 0.2) is 0 Å². The summed E-state index contributed by atoms with van der Waals surface area (Å²) in [7, 11) is 1.43. The van der Waals surface area contributed by atoms with Crippen LogP contribution in [0.4, 0.5) is 0 Å². The molecule has 0 aromatic heterocycles. The molecule has 1 amide bonds. The van der Waals surface area contributed by atoms with E-state index in [9.17, 15) is 9.59 Å². The van der Waals surface area contributed by atoms with Crippen LogP contribution in [-0.4, -0.2) is 37.0 Å². The lowest BCUT2D eigenvalue weighted by Gasteiger charge is -2.37. The molecule has 1 saturated heterocycles. The highest BCUT2D eigenvalue weighted by atomic mass is 16.5. The van der Waals surface area contributed by atoms with Crippen LogP contribution in [0.15, 0.2) is 0 Å². The van der Waals surface area contributed by atoms with E-state index in [2.05, 4.69) is 6.92 Å². The predicted octanol–water partition coefficient (Wildman–Crippen LogP) is 2.37. The van der Waals surface area contributed by atoms with Crippen molar-refractivity contribution in [3.63, 3.8) is 0 Å². The van der Waals surface area contributed by atoms with Gasteiger partial charge in [0.2, 0.25) is 5.91 Å². The van der Waals surface area contributed by atoms with Crippen molar-refractivity contribution in [1.82, 2.24) is 4.90 Å². The van der Waals surface area contributed by atoms with Crippen LogP contribution in [0.1, 0.15) is 51.9 Å². The Bertz CT molecular complexity index is 339. The van der Waals surface area contributed by atoms with E-state index in [4.69, 9.17) is 4.74 Å². The molecular weight excluding hydrogens is 242 g/mol. The minimum atomic E-state index is -0.127. The van der Waals surface area contributed by atoms with E-state index in [-0.39, 0.29) is 17.3 Å². The van der Waals surface area contributed by atoms with Crippen molar-refractivity contribution in [2.45, 2.75) is 51.9 Å². The Kier molecular flexibility index (Phi) is 4.48. The average Bonchev–Trinajstić information content (AvgIpc) is 2.96. The molecule has 0 radical (unpaired) electrons. The van der Waals surface area contributed by atoms with Gasteiger partial charge >= 0.3 is 5.97 Å². The summed E-state index contributed by atoms with van der Waals surface area (Å²) < 4.78 is 4.78. The zero-order valence-corrected chi connectivity index (χ0v) is 12.1. The Hall–Kier alpha value is -1.06. The lowest BCUT2D eigenvalue weighted by atomic mass is 9.81. The summed E-state index contributed by atoms with van der Waals surface area (Å²) in [6.07, 6.45) is 6.88. The second-order valence-electron chi connectivity index (χ2n) is 5.93. The molecule has 2 fully saturated rings. The zero-order valence-electron chi connectivity index (χ0n) is 12.1. The van der Waals surface area contributed by atoms with Crippen molar-refractivity contribution < 1.29 is 14.3 Å². The van der Waals surface area contributed by atoms with Gasteiger partial charge in [-0.05, 0) is 32.1 Å². The molecule has 0 unspecified atom stereocenters. The van der Waals surface area contributed by atoms with Crippen molar-refractivity contribution in [1.29, 1.82) is 0 Å². The van der Waals surface area contributed by atoms with Gasteiger partial charge in [0.05, 0.1) is 13.0 Å². The van der Waals surface area contributed by atoms with E-state index in [1.54, 1.807) is 0 Å². The number of carbonyl (C=O) groups excluding carboxylic acids is 2. The van der Waals surface area contributed by atoms with Gasteiger partial charge in [-0.25, -0.2) is 0 Å². The summed E-state index contributed by atoms with van der Waals surface area (Å²) in [6.45, 7) is 3.55. The topological polar surface area (TPSA) is 46.6 Å². The molecule has 0 spiro atoms. The lowest BCUT2D eigenvalue weighted by Crippen LogP contribution is -2.47. The maximum absolute atomic E-state index is 12.7. The van der Waals surface area contributed by atoms with Gasteiger partial charge in [-0.3, -0.25) is 9.59 Å². The molecule has 0 N–H and O–H groups in total. The highest BCUT2D eigenvalue weighted by Gasteiger charge is 2.42. The van der Waals surface area contributed by atoms with E-state index < -0.39 is 0 Å². The van der Waals surface area contributed by atoms with Gasteiger partial charge in [0, 0.05) is 18.5 Å². The molecule has 1 aliphatic carbocycles. The van der Waals surface area contributed by atoms with Crippen LogP contribution in [0, 0.1) is 11.3 Å². The number of likely N-dealkylation sites (tertiary alicyclic amines) is 1. The second-order valence-corrected chi connectivity index (χ2v) is 5.93. The van der Waals surface area contributed by atoms with E-state index in [1.807, 2.05) is 4.90 Å². The molecule has 4 heteroatoms. The molecule has 0 atom stereocenters. The van der Waals surface area contributed by atoms with E-state index >= 15 is 0 Å². The van der Waals surface area contributed by atoms with Crippen LogP contribution >= 0.6 is 0 Å². The number of piperidine rings is 1. The van der Waals surface area contributed by atoms with Gasteiger partial charge in [-0.2, -0.15) is 0 Å². The molecule has 0 bridgehead atoms. The number of amides is 1. The summed E-state index contributed by atoms with van der Waals surface area (Å²) in [5, 5.41) is 0. The lowest BCUT2D eigenvalue weighted by molar-refractivity contribution is -0.151. The number of hydrogen-bond acceptors (Lipinski definition) is 3. The Morgan fingerprint density at radius 3 is 2.26 bits per heavy atom. The fourth-order valence-corrected chi connectivity index (χ4v) is 3.59. The molecule has 108 valence electrons. The molecule has 0 aromatic carbocycles. The van der Waals surface area contributed by atoms with E-state index in [1.165, 1.54) is 20.0 Å². The molecule has 4 nitrogen and oxygen atoms in total. The van der Waals surface area contributed by atoms with Crippen LogP contribution in [0.3, 0.4) is 0 Å². The first-order valence-electron chi connectivity index (χ1n) is 7.50. The fraction of sp³-hybridized carbons (Fsp3) is 0.867. The Balaban J connectivity index is 1.94. The molecular formula is C15H25NO3. The minimum absolute atomic E-state index is 0.0183. The Morgan fingerprint density at radius 2 is 1.79 bits per heavy atom. The fourth-order valence-electron chi connectivity index (χ4n) is 3.59. The highest BCUT2D eigenvalue weighted by Crippen LogP contribution is 2.43. The van der Waals surface area contributed by atoms with Crippen molar-refractivity contribution in [2.24, 2.45) is 11.3 Å². The Labute approximate surface area is 115 Å². The summed E-state index contributed by atoms with van der Waals surface area (Å²) in [5.74, 6) is 0.184. The summed E-state index contributed by atoms with van der Waals surface area (Å²) in [4.78, 5) is 26.2. The minimum Gasteiger partial charge on any atom is -0.469 e. The van der Waals surface area contributed by atoms with Gasteiger partial charge in [0.1, 0.15) is 0 Å². The normalized spacial score (nSPS) is 23.4. The number of carbonyl (C=O) groups is 2. The number of rotatable bonds is 3. The van der Waals surface area contributed by atoms with Crippen molar-refractivity contribution >= 4 is 11.9 Å². The molecule has 1 aliphatic heterocycles. The van der Waals surface area contributed by atoms with Crippen LogP contribution in [-0.2, 0) is 14.3 Å². The van der Waals surface area contributed by atoms with Crippen molar-refractivity contribution in [3.05, 3.63) is 0 Å². The third-order valence-electron chi connectivity index (χ3n) is 5.01. The van der Waals surface area contributed by atoms with Crippen molar-refractivity contribution in [3.8, 4) is 0 Å². The first-order valence-corrected chi connectivity index (χ1v) is 7.50.